The van der Waals surface area contributed by atoms with E-state index in [1.807, 2.05) is 36.4 Å². The van der Waals surface area contributed by atoms with Crippen molar-refractivity contribution in [2.45, 2.75) is 0 Å². The molecule has 0 radical (unpaired) electrons. The van der Waals surface area contributed by atoms with E-state index in [9.17, 15) is 5.11 Å². The van der Waals surface area contributed by atoms with E-state index in [1.165, 1.54) is 12.1 Å². The van der Waals surface area contributed by atoms with Gasteiger partial charge in [0.25, 0.3) is 0 Å². The summed E-state index contributed by atoms with van der Waals surface area (Å²) in [5, 5.41) is 28.7. The molecule has 19 heavy (non-hydrogen) atoms. The Morgan fingerprint density at radius 3 is 1.53 bits per heavy atom. The van der Waals surface area contributed by atoms with E-state index in [2.05, 4.69) is 0 Å². The molecule has 0 spiro atoms. The van der Waals surface area contributed by atoms with E-state index < -0.39 is 0 Å². The summed E-state index contributed by atoms with van der Waals surface area (Å²) in [4.78, 5) is 0. The predicted octanol–water partition coefficient (Wildman–Crippen LogP) is 3.64. The molecular formula is C16H14O3. The molecule has 3 N–H and O–H groups in total. The number of phenols is 3. The summed E-state index contributed by atoms with van der Waals surface area (Å²) in [6, 6.07) is 19.4. The number of phenolic OH excluding ortho intramolecular Hbond substituents is 3. The Balaban J connectivity index is 0.000000148. The molecule has 3 aromatic rings. The van der Waals surface area contributed by atoms with Gasteiger partial charge in [-0.3, -0.25) is 0 Å². The first-order chi connectivity index (χ1) is 9.18. The average molecular weight is 254 g/mol. The molecule has 0 fully saturated rings. The molecule has 3 aromatic carbocycles. The molecule has 0 aliphatic heterocycles. The number of hydrogen-bond donors (Lipinski definition) is 3. The van der Waals surface area contributed by atoms with Gasteiger partial charge in [-0.1, -0.05) is 48.5 Å². The molecule has 3 rings (SSSR count). The summed E-state index contributed by atoms with van der Waals surface area (Å²) < 4.78 is 0. The standard InChI is InChI=1S/C10H8O.C6H6O2/c11-10-7-3-5-8-4-1-2-6-9(8)10;7-5-3-1-2-4-6(5)8/h1-7,11H;1-4,7-8H. The minimum absolute atomic E-state index is 0.0764. The van der Waals surface area contributed by atoms with Gasteiger partial charge in [0.1, 0.15) is 5.75 Å². The summed E-state index contributed by atoms with van der Waals surface area (Å²) in [5.74, 6) is 0.197. The van der Waals surface area contributed by atoms with Crippen LogP contribution in [0.4, 0.5) is 0 Å². The molecular weight excluding hydrogens is 240 g/mol. The van der Waals surface area contributed by atoms with Crippen molar-refractivity contribution in [2.75, 3.05) is 0 Å². The quantitative estimate of drug-likeness (QED) is 0.537. The Labute approximate surface area is 111 Å². The predicted molar refractivity (Wildman–Crippen MR) is 75.4 cm³/mol. The highest BCUT2D eigenvalue weighted by molar-refractivity contribution is 5.87. The SMILES string of the molecule is Oc1cccc2ccccc12.Oc1ccccc1O. The number of aromatic hydroxyl groups is 3. The molecule has 0 aliphatic rings. The maximum atomic E-state index is 9.37. The lowest BCUT2D eigenvalue weighted by Crippen LogP contribution is -1.70. The summed E-state index contributed by atoms with van der Waals surface area (Å²) in [6.45, 7) is 0. The van der Waals surface area contributed by atoms with Crippen LogP contribution in [0.5, 0.6) is 17.2 Å². The minimum Gasteiger partial charge on any atom is -0.507 e. The molecule has 3 nitrogen and oxygen atoms in total. The fourth-order valence-electron chi connectivity index (χ4n) is 1.67. The molecule has 0 amide bonds. The molecule has 0 saturated carbocycles. The van der Waals surface area contributed by atoms with Gasteiger partial charge >= 0.3 is 0 Å². The second-order valence-corrected chi connectivity index (χ2v) is 3.99. The van der Waals surface area contributed by atoms with Crippen LogP contribution in [-0.2, 0) is 0 Å². The van der Waals surface area contributed by atoms with Crippen LogP contribution in [0.2, 0.25) is 0 Å². The molecule has 3 heteroatoms. The number of para-hydroxylation sites is 2. The second kappa shape index (κ2) is 5.78. The Morgan fingerprint density at radius 1 is 0.474 bits per heavy atom. The first-order valence-electron chi connectivity index (χ1n) is 5.82. The molecule has 0 heterocycles. The highest BCUT2D eigenvalue weighted by Crippen LogP contribution is 2.23. The zero-order valence-corrected chi connectivity index (χ0v) is 10.2. The van der Waals surface area contributed by atoms with Crippen LogP contribution >= 0.6 is 0 Å². The van der Waals surface area contributed by atoms with Crippen LogP contribution in [0.3, 0.4) is 0 Å². The van der Waals surface area contributed by atoms with Gasteiger partial charge in [0.05, 0.1) is 0 Å². The van der Waals surface area contributed by atoms with Gasteiger partial charge in [0.15, 0.2) is 11.5 Å². The van der Waals surface area contributed by atoms with E-state index in [0.717, 1.165) is 10.8 Å². The van der Waals surface area contributed by atoms with Gasteiger partial charge < -0.3 is 15.3 Å². The van der Waals surface area contributed by atoms with E-state index in [1.54, 1.807) is 18.2 Å². The number of rotatable bonds is 0. The third-order valence-electron chi connectivity index (χ3n) is 2.65. The zero-order valence-electron chi connectivity index (χ0n) is 10.2. The van der Waals surface area contributed by atoms with E-state index in [-0.39, 0.29) is 11.5 Å². The third kappa shape index (κ3) is 3.16. The van der Waals surface area contributed by atoms with Crippen LogP contribution in [0, 0.1) is 0 Å². The van der Waals surface area contributed by atoms with Gasteiger partial charge in [-0.2, -0.15) is 0 Å². The first-order valence-corrected chi connectivity index (χ1v) is 5.82. The molecule has 0 unspecified atom stereocenters. The lowest BCUT2D eigenvalue weighted by atomic mass is 10.1. The molecule has 0 bridgehead atoms. The van der Waals surface area contributed by atoms with Crippen molar-refractivity contribution in [1.29, 1.82) is 0 Å². The van der Waals surface area contributed by atoms with Crippen molar-refractivity contribution < 1.29 is 15.3 Å². The summed E-state index contributed by atoms with van der Waals surface area (Å²) >= 11 is 0. The largest absolute Gasteiger partial charge is 0.507 e. The number of hydrogen-bond acceptors (Lipinski definition) is 3. The maximum Gasteiger partial charge on any atom is 0.157 e. The number of benzene rings is 3. The van der Waals surface area contributed by atoms with Gasteiger partial charge in [0, 0.05) is 5.39 Å². The molecule has 0 aliphatic carbocycles. The van der Waals surface area contributed by atoms with Crippen molar-refractivity contribution in [1.82, 2.24) is 0 Å². The van der Waals surface area contributed by atoms with Gasteiger partial charge in [0.2, 0.25) is 0 Å². The number of fused-ring (bicyclic) bond motifs is 1. The van der Waals surface area contributed by atoms with Crippen molar-refractivity contribution in [3.63, 3.8) is 0 Å². The van der Waals surface area contributed by atoms with E-state index in [4.69, 9.17) is 10.2 Å². The van der Waals surface area contributed by atoms with Crippen LogP contribution in [0.15, 0.2) is 66.7 Å². The van der Waals surface area contributed by atoms with Crippen LogP contribution in [0.25, 0.3) is 10.8 Å². The maximum absolute atomic E-state index is 9.37. The van der Waals surface area contributed by atoms with Crippen molar-refractivity contribution in [3.8, 4) is 17.2 Å². The fraction of sp³-hybridized carbons (Fsp3) is 0. The Kier molecular flexibility index (Phi) is 3.88. The van der Waals surface area contributed by atoms with Crippen molar-refractivity contribution >= 4 is 10.8 Å². The zero-order chi connectivity index (χ0) is 13.7. The van der Waals surface area contributed by atoms with Gasteiger partial charge in [-0.15, -0.1) is 0 Å². The highest BCUT2D eigenvalue weighted by Gasteiger charge is 1.94. The Hall–Kier alpha value is -2.68. The van der Waals surface area contributed by atoms with Crippen LogP contribution in [-0.4, -0.2) is 15.3 Å². The monoisotopic (exact) mass is 254 g/mol. The van der Waals surface area contributed by atoms with E-state index in [0.29, 0.717) is 5.75 Å². The van der Waals surface area contributed by atoms with Crippen LogP contribution < -0.4 is 0 Å². The second-order valence-electron chi connectivity index (χ2n) is 3.99. The summed E-state index contributed by atoms with van der Waals surface area (Å²) in [5.41, 5.74) is 0. The van der Waals surface area contributed by atoms with Gasteiger partial charge in [-0.25, -0.2) is 0 Å². The molecule has 0 atom stereocenters. The third-order valence-corrected chi connectivity index (χ3v) is 2.65. The minimum atomic E-state index is -0.0764. The molecule has 0 aromatic heterocycles. The fourth-order valence-corrected chi connectivity index (χ4v) is 1.67. The molecule has 96 valence electrons. The average Bonchev–Trinajstić information content (AvgIpc) is 2.44. The van der Waals surface area contributed by atoms with Crippen molar-refractivity contribution in [2.24, 2.45) is 0 Å². The Bertz CT molecular complexity index is 651. The van der Waals surface area contributed by atoms with E-state index >= 15 is 0 Å². The smallest absolute Gasteiger partial charge is 0.157 e. The lowest BCUT2D eigenvalue weighted by molar-refractivity contribution is 0.404. The Morgan fingerprint density at radius 2 is 0.947 bits per heavy atom. The summed E-state index contributed by atoms with van der Waals surface area (Å²) in [6.07, 6.45) is 0. The lowest BCUT2D eigenvalue weighted by Gasteiger charge is -1.97. The first kappa shape index (κ1) is 12.8. The molecule has 0 saturated heterocycles. The highest BCUT2D eigenvalue weighted by atomic mass is 16.3. The summed E-state index contributed by atoms with van der Waals surface area (Å²) in [7, 11) is 0. The topological polar surface area (TPSA) is 60.7 Å². The van der Waals surface area contributed by atoms with Crippen LogP contribution in [0.1, 0.15) is 0 Å². The van der Waals surface area contributed by atoms with Gasteiger partial charge in [-0.05, 0) is 23.6 Å². The van der Waals surface area contributed by atoms with Crippen molar-refractivity contribution in [3.05, 3.63) is 66.7 Å². The normalized spacial score (nSPS) is 9.68.